The van der Waals surface area contributed by atoms with Crippen LogP contribution in [-0.4, -0.2) is 42.9 Å². The zero-order valence-electron chi connectivity index (χ0n) is 16.8. The van der Waals surface area contributed by atoms with Crippen molar-refractivity contribution in [3.05, 3.63) is 96.1 Å². The second-order valence-electron chi connectivity index (χ2n) is 7.40. The number of benzene rings is 3. The van der Waals surface area contributed by atoms with Crippen molar-refractivity contribution in [3.8, 4) is 0 Å². The summed E-state index contributed by atoms with van der Waals surface area (Å²) in [5.41, 5.74) is 3.50. The van der Waals surface area contributed by atoms with Gasteiger partial charge in [-0.25, -0.2) is 0 Å². The maximum Gasteiger partial charge on any atom is 0.253 e. The number of carbonyl (C=O) groups is 2. The van der Waals surface area contributed by atoms with Crippen LogP contribution in [0.25, 0.3) is 0 Å². The molecular formula is C25H25N3O2. The van der Waals surface area contributed by atoms with E-state index in [1.54, 1.807) is 24.3 Å². The summed E-state index contributed by atoms with van der Waals surface area (Å²) >= 11 is 0. The minimum atomic E-state index is -0.0719. The van der Waals surface area contributed by atoms with Crippen molar-refractivity contribution in [1.29, 1.82) is 0 Å². The molecule has 0 spiro atoms. The number of rotatable bonds is 5. The van der Waals surface area contributed by atoms with Crippen molar-refractivity contribution < 1.29 is 9.59 Å². The predicted molar refractivity (Wildman–Crippen MR) is 120 cm³/mol. The van der Waals surface area contributed by atoms with Gasteiger partial charge in [0.1, 0.15) is 0 Å². The molecule has 3 aromatic rings. The van der Waals surface area contributed by atoms with Crippen LogP contribution in [0.4, 0.5) is 11.4 Å². The van der Waals surface area contributed by atoms with Crippen LogP contribution >= 0.6 is 0 Å². The van der Waals surface area contributed by atoms with Gasteiger partial charge in [-0.3, -0.25) is 9.59 Å². The lowest BCUT2D eigenvalue weighted by Gasteiger charge is -2.36. The van der Waals surface area contributed by atoms with Crippen molar-refractivity contribution in [1.82, 2.24) is 4.90 Å². The van der Waals surface area contributed by atoms with E-state index in [1.165, 1.54) is 5.69 Å². The average Bonchev–Trinajstić information content (AvgIpc) is 2.80. The highest BCUT2D eigenvalue weighted by atomic mass is 16.2. The molecule has 0 aromatic heterocycles. The summed E-state index contributed by atoms with van der Waals surface area (Å²) in [6, 6.07) is 27.0. The minimum absolute atomic E-state index is 0.0323. The third-order valence-corrected chi connectivity index (χ3v) is 5.31. The standard InChI is InChI=1S/C25H25N3O2/c29-24(19-20-7-3-1-4-8-20)26-22-13-11-21(12-14-22)25(30)28-17-15-27(16-18-28)23-9-5-2-6-10-23/h1-14H,15-19H2,(H,26,29). The van der Waals surface area contributed by atoms with E-state index in [4.69, 9.17) is 0 Å². The molecule has 3 aromatic carbocycles. The second kappa shape index (κ2) is 9.27. The second-order valence-corrected chi connectivity index (χ2v) is 7.40. The molecule has 0 bridgehead atoms. The van der Waals surface area contributed by atoms with E-state index < -0.39 is 0 Å². The lowest BCUT2D eigenvalue weighted by molar-refractivity contribution is -0.115. The molecule has 30 heavy (non-hydrogen) atoms. The largest absolute Gasteiger partial charge is 0.368 e. The average molecular weight is 399 g/mol. The third kappa shape index (κ3) is 4.87. The maximum atomic E-state index is 12.8. The summed E-state index contributed by atoms with van der Waals surface area (Å²) < 4.78 is 0. The van der Waals surface area contributed by atoms with Crippen LogP contribution < -0.4 is 10.2 Å². The summed E-state index contributed by atoms with van der Waals surface area (Å²) in [5, 5.41) is 2.89. The van der Waals surface area contributed by atoms with Gasteiger partial charge >= 0.3 is 0 Å². The molecule has 0 atom stereocenters. The minimum Gasteiger partial charge on any atom is -0.368 e. The van der Waals surface area contributed by atoms with E-state index in [2.05, 4.69) is 22.3 Å². The number of carbonyl (C=O) groups excluding carboxylic acids is 2. The Balaban J connectivity index is 1.30. The summed E-state index contributed by atoms with van der Waals surface area (Å²) in [7, 11) is 0. The van der Waals surface area contributed by atoms with Gasteiger partial charge in [0, 0.05) is 43.1 Å². The van der Waals surface area contributed by atoms with Crippen molar-refractivity contribution in [2.75, 3.05) is 36.4 Å². The number of para-hydroxylation sites is 1. The number of anilines is 2. The molecule has 0 aliphatic carbocycles. The number of nitrogens with zero attached hydrogens (tertiary/aromatic N) is 2. The van der Waals surface area contributed by atoms with E-state index in [9.17, 15) is 9.59 Å². The first kappa shape index (κ1) is 19.7. The van der Waals surface area contributed by atoms with Gasteiger partial charge in [0.2, 0.25) is 5.91 Å². The molecule has 0 radical (unpaired) electrons. The molecule has 1 N–H and O–H groups in total. The molecule has 2 amide bonds. The first-order chi connectivity index (χ1) is 14.7. The number of hydrogen-bond acceptors (Lipinski definition) is 3. The highest BCUT2D eigenvalue weighted by Gasteiger charge is 2.22. The van der Waals surface area contributed by atoms with Crippen LogP contribution in [0, 0.1) is 0 Å². The highest BCUT2D eigenvalue weighted by molar-refractivity contribution is 5.96. The van der Waals surface area contributed by atoms with Crippen molar-refractivity contribution in [2.45, 2.75) is 6.42 Å². The fourth-order valence-corrected chi connectivity index (χ4v) is 3.67. The van der Waals surface area contributed by atoms with Gasteiger partial charge in [0.05, 0.1) is 6.42 Å². The molecule has 5 nitrogen and oxygen atoms in total. The van der Waals surface area contributed by atoms with Gasteiger partial charge in [0.25, 0.3) is 5.91 Å². The number of hydrogen-bond donors (Lipinski definition) is 1. The van der Waals surface area contributed by atoms with Crippen LogP contribution in [0.1, 0.15) is 15.9 Å². The maximum absolute atomic E-state index is 12.8. The van der Waals surface area contributed by atoms with Gasteiger partial charge in [-0.05, 0) is 42.0 Å². The smallest absolute Gasteiger partial charge is 0.253 e. The van der Waals surface area contributed by atoms with Crippen LogP contribution in [0.3, 0.4) is 0 Å². The lowest BCUT2D eigenvalue weighted by Crippen LogP contribution is -2.48. The van der Waals surface area contributed by atoms with Gasteiger partial charge in [0.15, 0.2) is 0 Å². The Bertz CT molecular complexity index is 980. The van der Waals surface area contributed by atoms with Crippen LogP contribution in [0.15, 0.2) is 84.9 Å². The Morgan fingerprint density at radius 2 is 1.33 bits per heavy atom. The highest BCUT2D eigenvalue weighted by Crippen LogP contribution is 2.18. The molecule has 1 aliphatic heterocycles. The van der Waals surface area contributed by atoms with Crippen molar-refractivity contribution >= 4 is 23.2 Å². The molecule has 1 fully saturated rings. The molecule has 5 heteroatoms. The molecule has 152 valence electrons. The van der Waals surface area contributed by atoms with Crippen molar-refractivity contribution in [2.24, 2.45) is 0 Å². The van der Waals surface area contributed by atoms with Crippen molar-refractivity contribution in [3.63, 3.8) is 0 Å². The summed E-state index contributed by atoms with van der Waals surface area (Å²) in [6.07, 6.45) is 0.327. The molecule has 1 aliphatic rings. The van der Waals surface area contributed by atoms with Crippen LogP contribution in [0.2, 0.25) is 0 Å². The SMILES string of the molecule is O=C(Cc1ccccc1)Nc1ccc(C(=O)N2CCN(c3ccccc3)CC2)cc1. The molecular weight excluding hydrogens is 374 g/mol. The summed E-state index contributed by atoms with van der Waals surface area (Å²) in [5.74, 6) is -0.0396. The van der Waals surface area contributed by atoms with E-state index in [-0.39, 0.29) is 11.8 Å². The zero-order chi connectivity index (χ0) is 20.8. The third-order valence-electron chi connectivity index (χ3n) is 5.31. The number of amides is 2. The Labute approximate surface area is 176 Å². The van der Waals surface area contributed by atoms with Crippen LogP contribution in [-0.2, 0) is 11.2 Å². The molecule has 1 heterocycles. The van der Waals surface area contributed by atoms with Gasteiger partial charge in [-0.1, -0.05) is 48.5 Å². The monoisotopic (exact) mass is 399 g/mol. The zero-order valence-corrected chi connectivity index (χ0v) is 16.8. The topological polar surface area (TPSA) is 52.7 Å². The van der Waals surface area contributed by atoms with Crippen LogP contribution in [0.5, 0.6) is 0 Å². The fourth-order valence-electron chi connectivity index (χ4n) is 3.67. The van der Waals surface area contributed by atoms with E-state index in [1.807, 2.05) is 53.4 Å². The predicted octanol–water partition coefficient (Wildman–Crippen LogP) is 3.83. The van der Waals surface area contributed by atoms with Gasteiger partial charge < -0.3 is 15.1 Å². The molecule has 1 saturated heterocycles. The fraction of sp³-hybridized carbons (Fsp3) is 0.200. The molecule has 0 saturated carbocycles. The molecule has 0 unspecified atom stereocenters. The Morgan fingerprint density at radius 3 is 1.97 bits per heavy atom. The lowest BCUT2D eigenvalue weighted by atomic mass is 10.1. The van der Waals surface area contributed by atoms with Gasteiger partial charge in [-0.15, -0.1) is 0 Å². The Kier molecular flexibility index (Phi) is 6.09. The number of nitrogens with one attached hydrogen (secondary N) is 1. The first-order valence-corrected chi connectivity index (χ1v) is 10.2. The normalized spacial score (nSPS) is 13.7. The van der Waals surface area contributed by atoms with Gasteiger partial charge in [-0.2, -0.15) is 0 Å². The quantitative estimate of drug-likeness (QED) is 0.709. The first-order valence-electron chi connectivity index (χ1n) is 10.2. The van der Waals surface area contributed by atoms with E-state index in [0.29, 0.717) is 30.8 Å². The Morgan fingerprint density at radius 1 is 0.733 bits per heavy atom. The van der Waals surface area contributed by atoms with E-state index in [0.717, 1.165) is 18.7 Å². The Hall–Kier alpha value is -3.60. The van der Waals surface area contributed by atoms with E-state index >= 15 is 0 Å². The summed E-state index contributed by atoms with van der Waals surface area (Å²) in [6.45, 7) is 3.04. The summed E-state index contributed by atoms with van der Waals surface area (Å²) in [4.78, 5) is 29.2. The number of piperazine rings is 1. The molecule has 4 rings (SSSR count).